The monoisotopic (exact) mass is 259 g/mol. The number of H-pyrrole nitrogens is 1. The summed E-state index contributed by atoms with van der Waals surface area (Å²) in [5.41, 5.74) is 7.05. The van der Waals surface area contributed by atoms with Gasteiger partial charge in [0.15, 0.2) is 11.5 Å². The van der Waals surface area contributed by atoms with Crippen LogP contribution in [-0.2, 0) is 0 Å². The van der Waals surface area contributed by atoms with E-state index in [1.807, 2.05) is 0 Å². The number of hydrogen-bond donors (Lipinski definition) is 3. The number of nitrogens with two attached hydrogens (primary N) is 1. The van der Waals surface area contributed by atoms with Gasteiger partial charge in [-0.15, -0.1) is 0 Å². The van der Waals surface area contributed by atoms with E-state index < -0.39 is 0 Å². The molecule has 1 aliphatic heterocycles. The molecule has 1 aliphatic rings. The highest BCUT2D eigenvalue weighted by atomic mass is 15.2. The number of fused-ring (bicyclic) bond motifs is 1. The number of rotatable bonds is 2. The van der Waals surface area contributed by atoms with Gasteiger partial charge in [0, 0.05) is 18.5 Å². The van der Waals surface area contributed by atoms with Crippen molar-refractivity contribution in [3.63, 3.8) is 0 Å². The predicted octanol–water partition coefficient (Wildman–Crippen LogP) is 0.895. The van der Waals surface area contributed by atoms with E-state index in [9.17, 15) is 0 Å². The van der Waals surface area contributed by atoms with Crippen molar-refractivity contribution >= 4 is 22.8 Å². The molecule has 0 amide bonds. The number of anilines is 1. The first kappa shape index (κ1) is 11.9. The van der Waals surface area contributed by atoms with Crippen molar-refractivity contribution in [1.29, 1.82) is 5.41 Å². The molecular formula is C12H17N7. The lowest BCUT2D eigenvalue weighted by molar-refractivity contribution is 0.350. The Labute approximate surface area is 110 Å². The third kappa shape index (κ3) is 1.91. The van der Waals surface area contributed by atoms with Gasteiger partial charge in [-0.3, -0.25) is 5.41 Å². The van der Waals surface area contributed by atoms with Crippen molar-refractivity contribution in [3.8, 4) is 0 Å². The zero-order valence-corrected chi connectivity index (χ0v) is 10.8. The van der Waals surface area contributed by atoms with Crippen LogP contribution in [0.25, 0.3) is 11.2 Å². The standard InChI is InChI=1S/C12H17N7/c1-12(11(13)14)2-4-19(5-3-12)10-8-9(16-6-15-8)17-7-18-10/h6-7H,2-5H2,1H3,(H3,13,14)(H,15,16,17,18). The number of nitrogens with zero attached hydrogens (tertiary/aromatic N) is 4. The third-order valence-electron chi connectivity index (χ3n) is 4.02. The van der Waals surface area contributed by atoms with Gasteiger partial charge in [0.25, 0.3) is 0 Å². The van der Waals surface area contributed by atoms with Crippen molar-refractivity contribution in [3.05, 3.63) is 12.7 Å². The van der Waals surface area contributed by atoms with E-state index in [0.717, 1.165) is 37.3 Å². The van der Waals surface area contributed by atoms with E-state index in [1.54, 1.807) is 6.33 Å². The molecule has 3 rings (SSSR count). The summed E-state index contributed by atoms with van der Waals surface area (Å²) in [4.78, 5) is 17.9. The minimum absolute atomic E-state index is 0.184. The average Bonchev–Trinajstić information content (AvgIpc) is 2.87. The maximum absolute atomic E-state index is 7.68. The number of amidine groups is 1. The first-order valence-corrected chi connectivity index (χ1v) is 6.34. The van der Waals surface area contributed by atoms with Crippen LogP contribution in [-0.4, -0.2) is 38.9 Å². The van der Waals surface area contributed by atoms with E-state index in [1.165, 1.54) is 6.33 Å². The molecule has 1 fully saturated rings. The molecule has 2 aromatic heterocycles. The van der Waals surface area contributed by atoms with Gasteiger partial charge in [-0.05, 0) is 12.8 Å². The van der Waals surface area contributed by atoms with Crippen LogP contribution in [0.1, 0.15) is 19.8 Å². The van der Waals surface area contributed by atoms with Gasteiger partial charge in [-0.25, -0.2) is 15.0 Å². The maximum Gasteiger partial charge on any atom is 0.182 e. The van der Waals surface area contributed by atoms with Crippen LogP contribution in [0.15, 0.2) is 12.7 Å². The molecule has 0 spiro atoms. The van der Waals surface area contributed by atoms with Crippen LogP contribution in [0.2, 0.25) is 0 Å². The topological polar surface area (TPSA) is 108 Å². The largest absolute Gasteiger partial charge is 0.387 e. The normalized spacial score (nSPS) is 18.7. The summed E-state index contributed by atoms with van der Waals surface area (Å²) in [6.07, 6.45) is 4.90. The van der Waals surface area contributed by atoms with Gasteiger partial charge in [0.1, 0.15) is 11.8 Å². The average molecular weight is 259 g/mol. The first-order valence-electron chi connectivity index (χ1n) is 6.34. The highest BCUT2D eigenvalue weighted by Crippen LogP contribution is 2.33. The fourth-order valence-electron chi connectivity index (χ4n) is 2.47. The first-order chi connectivity index (χ1) is 9.10. The molecule has 100 valence electrons. The van der Waals surface area contributed by atoms with Crippen LogP contribution >= 0.6 is 0 Å². The van der Waals surface area contributed by atoms with Gasteiger partial charge in [0.05, 0.1) is 12.2 Å². The van der Waals surface area contributed by atoms with E-state index in [0.29, 0.717) is 5.65 Å². The van der Waals surface area contributed by atoms with Crippen LogP contribution in [0, 0.1) is 10.8 Å². The third-order valence-corrected chi connectivity index (χ3v) is 4.02. The van der Waals surface area contributed by atoms with Crippen LogP contribution in [0.4, 0.5) is 5.82 Å². The zero-order valence-electron chi connectivity index (χ0n) is 10.8. The van der Waals surface area contributed by atoms with Gasteiger partial charge < -0.3 is 15.6 Å². The fourth-order valence-corrected chi connectivity index (χ4v) is 2.47. The van der Waals surface area contributed by atoms with Crippen molar-refractivity contribution in [2.24, 2.45) is 11.1 Å². The Hall–Kier alpha value is -2.18. The van der Waals surface area contributed by atoms with Crippen molar-refractivity contribution in [1.82, 2.24) is 19.9 Å². The Balaban J connectivity index is 1.86. The summed E-state index contributed by atoms with van der Waals surface area (Å²) in [6, 6.07) is 0. The second-order valence-corrected chi connectivity index (χ2v) is 5.26. The molecule has 3 heterocycles. The minimum atomic E-state index is -0.184. The molecule has 1 saturated heterocycles. The van der Waals surface area contributed by atoms with Crippen molar-refractivity contribution in [2.75, 3.05) is 18.0 Å². The van der Waals surface area contributed by atoms with Crippen molar-refractivity contribution < 1.29 is 0 Å². The molecule has 0 saturated carbocycles. The van der Waals surface area contributed by atoms with Gasteiger partial charge in [-0.1, -0.05) is 6.92 Å². The highest BCUT2D eigenvalue weighted by Gasteiger charge is 2.33. The second kappa shape index (κ2) is 4.18. The van der Waals surface area contributed by atoms with Crippen LogP contribution in [0.5, 0.6) is 0 Å². The van der Waals surface area contributed by atoms with E-state index in [-0.39, 0.29) is 11.3 Å². The van der Waals surface area contributed by atoms with Gasteiger partial charge in [0.2, 0.25) is 0 Å². The summed E-state index contributed by atoms with van der Waals surface area (Å²) in [7, 11) is 0. The highest BCUT2D eigenvalue weighted by molar-refractivity contribution is 5.85. The Kier molecular flexibility index (Phi) is 2.62. The Morgan fingerprint density at radius 1 is 1.37 bits per heavy atom. The predicted molar refractivity (Wildman–Crippen MR) is 73.2 cm³/mol. The fraction of sp³-hybridized carbons (Fsp3) is 0.500. The zero-order chi connectivity index (χ0) is 13.5. The van der Waals surface area contributed by atoms with E-state index >= 15 is 0 Å². The molecule has 0 aliphatic carbocycles. The molecule has 0 unspecified atom stereocenters. The maximum atomic E-state index is 7.68. The van der Waals surface area contributed by atoms with Crippen LogP contribution < -0.4 is 10.6 Å². The quantitative estimate of drug-likeness (QED) is 0.548. The minimum Gasteiger partial charge on any atom is -0.387 e. The number of aromatic nitrogens is 4. The number of nitrogens with one attached hydrogen (secondary N) is 2. The Morgan fingerprint density at radius 2 is 2.11 bits per heavy atom. The Morgan fingerprint density at radius 3 is 2.79 bits per heavy atom. The Bertz CT molecular complexity index is 609. The lowest BCUT2D eigenvalue weighted by atomic mass is 9.79. The summed E-state index contributed by atoms with van der Waals surface area (Å²) in [6.45, 7) is 3.72. The number of hydrogen-bond acceptors (Lipinski definition) is 5. The van der Waals surface area contributed by atoms with Crippen molar-refractivity contribution in [2.45, 2.75) is 19.8 Å². The summed E-state index contributed by atoms with van der Waals surface area (Å²) >= 11 is 0. The molecule has 0 bridgehead atoms. The second-order valence-electron chi connectivity index (χ2n) is 5.26. The molecular weight excluding hydrogens is 242 g/mol. The summed E-state index contributed by atoms with van der Waals surface area (Å²) < 4.78 is 0. The molecule has 2 aromatic rings. The lowest BCUT2D eigenvalue weighted by Crippen LogP contribution is -2.45. The SMILES string of the molecule is CC1(C(=N)N)CCN(c2ncnc3nc[nH]c23)CC1. The number of aromatic amines is 1. The summed E-state index contributed by atoms with van der Waals surface area (Å²) in [5.74, 6) is 1.16. The molecule has 19 heavy (non-hydrogen) atoms. The smallest absolute Gasteiger partial charge is 0.182 e. The van der Waals surface area contributed by atoms with E-state index in [4.69, 9.17) is 11.1 Å². The molecule has 7 heteroatoms. The molecule has 4 N–H and O–H groups in total. The summed E-state index contributed by atoms with van der Waals surface area (Å²) in [5, 5.41) is 7.68. The number of piperidine rings is 1. The van der Waals surface area contributed by atoms with Crippen LogP contribution in [0.3, 0.4) is 0 Å². The molecule has 0 atom stereocenters. The molecule has 7 nitrogen and oxygen atoms in total. The van der Waals surface area contributed by atoms with Gasteiger partial charge in [-0.2, -0.15) is 0 Å². The lowest BCUT2D eigenvalue weighted by Gasteiger charge is -2.39. The molecule has 0 aromatic carbocycles. The number of imidazole rings is 1. The van der Waals surface area contributed by atoms with Gasteiger partial charge >= 0.3 is 0 Å². The molecule has 0 radical (unpaired) electrons. The van der Waals surface area contributed by atoms with E-state index in [2.05, 4.69) is 31.8 Å².